The summed E-state index contributed by atoms with van der Waals surface area (Å²) in [5.74, 6) is -0.0715. The molecule has 0 spiro atoms. The van der Waals surface area contributed by atoms with Crippen molar-refractivity contribution < 1.29 is 33.7 Å². The number of ether oxygens (including phenoxy) is 3. The molecule has 9 heteroatoms. The summed E-state index contributed by atoms with van der Waals surface area (Å²) in [6, 6.07) is 18.4. The number of nitrogens with zero attached hydrogens (tertiary/aromatic N) is 1. The number of ketones is 1. The zero-order chi connectivity index (χ0) is 27.9. The number of aromatic nitrogens is 1. The molecule has 0 fully saturated rings. The molecular weight excluding hydrogens is 522 g/mol. The van der Waals surface area contributed by atoms with Gasteiger partial charge >= 0.3 is 5.97 Å². The van der Waals surface area contributed by atoms with Gasteiger partial charge in [0.05, 0.1) is 25.7 Å². The molecule has 0 unspecified atom stereocenters. The number of hydrogen-bond acceptors (Lipinski definition) is 7. The highest BCUT2D eigenvalue weighted by atomic mass is 35.5. The Hall–Kier alpha value is -4.14. The molecule has 202 valence electrons. The van der Waals surface area contributed by atoms with E-state index in [1.165, 1.54) is 7.11 Å². The van der Waals surface area contributed by atoms with Crippen LogP contribution in [-0.4, -0.2) is 54.3 Å². The molecule has 0 aliphatic carbocycles. The second kappa shape index (κ2) is 12.6. The topological polar surface area (TPSA) is 104 Å². The normalized spacial score (nSPS) is 10.9. The van der Waals surface area contributed by atoms with Crippen LogP contribution < -0.4 is 9.47 Å². The fourth-order valence-electron chi connectivity index (χ4n) is 4.21. The third-order valence-electron chi connectivity index (χ3n) is 6.27. The van der Waals surface area contributed by atoms with Gasteiger partial charge < -0.3 is 19.3 Å². The van der Waals surface area contributed by atoms with E-state index in [-0.39, 0.29) is 24.7 Å². The summed E-state index contributed by atoms with van der Waals surface area (Å²) in [6.07, 6.45) is 0.373. The summed E-state index contributed by atoms with van der Waals surface area (Å²) in [7, 11) is 1.54. The summed E-state index contributed by atoms with van der Waals surface area (Å²) in [4.78, 5) is 38.8. The van der Waals surface area contributed by atoms with Gasteiger partial charge in [0.1, 0.15) is 11.5 Å². The largest absolute Gasteiger partial charge is 0.497 e. The van der Waals surface area contributed by atoms with Gasteiger partial charge in [-0.1, -0.05) is 11.6 Å². The summed E-state index contributed by atoms with van der Waals surface area (Å²) in [6.45, 7) is 1.75. The minimum absolute atomic E-state index is 0.0359. The van der Waals surface area contributed by atoms with Gasteiger partial charge in [-0.3, -0.25) is 19.0 Å². The van der Waals surface area contributed by atoms with Gasteiger partial charge in [0, 0.05) is 40.3 Å². The van der Waals surface area contributed by atoms with Crippen LogP contribution in [0.2, 0.25) is 5.02 Å². The number of methoxy groups -OCH3 is 1. The van der Waals surface area contributed by atoms with E-state index in [4.69, 9.17) is 30.9 Å². The monoisotopic (exact) mass is 549 g/mol. The Balaban J connectivity index is 1.51. The quantitative estimate of drug-likeness (QED) is 0.159. The number of esters is 1. The predicted molar refractivity (Wildman–Crippen MR) is 147 cm³/mol. The van der Waals surface area contributed by atoms with Crippen molar-refractivity contribution in [2.75, 3.05) is 26.9 Å². The van der Waals surface area contributed by atoms with Crippen LogP contribution in [0.4, 0.5) is 0 Å². The van der Waals surface area contributed by atoms with Crippen LogP contribution in [0.3, 0.4) is 0 Å². The van der Waals surface area contributed by atoms with Crippen molar-refractivity contribution in [1.29, 1.82) is 0 Å². The van der Waals surface area contributed by atoms with E-state index in [0.29, 0.717) is 62.8 Å². The third-order valence-corrected chi connectivity index (χ3v) is 6.52. The first-order valence-corrected chi connectivity index (χ1v) is 12.7. The fourth-order valence-corrected chi connectivity index (χ4v) is 4.34. The lowest BCUT2D eigenvalue weighted by molar-refractivity contribution is -0.141. The van der Waals surface area contributed by atoms with Crippen molar-refractivity contribution >= 4 is 40.2 Å². The smallest absolute Gasteiger partial charge is 0.310 e. The van der Waals surface area contributed by atoms with Gasteiger partial charge in [-0.25, -0.2) is 0 Å². The average Bonchev–Trinajstić information content (AvgIpc) is 3.22. The molecule has 0 aliphatic heterocycles. The Morgan fingerprint density at radius 2 is 1.59 bits per heavy atom. The molecule has 0 radical (unpaired) electrons. The van der Waals surface area contributed by atoms with Crippen LogP contribution >= 0.6 is 11.6 Å². The number of aliphatic hydroxyl groups is 1. The zero-order valence-corrected chi connectivity index (χ0v) is 22.4. The summed E-state index contributed by atoms with van der Waals surface area (Å²) >= 11 is 5.98. The van der Waals surface area contributed by atoms with Crippen molar-refractivity contribution in [3.05, 3.63) is 94.1 Å². The standard InChI is InChI=1S/C30H28ClNO7/c1-19-25(17-29(35)39-18-28(34)20-6-10-23(11-7-20)38-15-3-14-33)26-16-24(37-2)12-13-27(26)32(19)30(36)21-4-8-22(31)9-5-21/h4-13,16,33H,3,14-15,17-18H2,1-2H3. The van der Waals surface area contributed by atoms with E-state index in [9.17, 15) is 14.4 Å². The van der Waals surface area contributed by atoms with Crippen molar-refractivity contribution in [3.8, 4) is 11.5 Å². The SMILES string of the molecule is COc1ccc2c(c1)c(CC(=O)OCC(=O)c1ccc(OCCCO)cc1)c(C)n2C(=O)c1ccc(Cl)cc1. The molecule has 0 atom stereocenters. The first-order valence-electron chi connectivity index (χ1n) is 12.3. The molecule has 1 aromatic heterocycles. The number of carbonyl (C=O) groups excluding carboxylic acids is 3. The maximum absolute atomic E-state index is 13.4. The van der Waals surface area contributed by atoms with Crippen LogP contribution in [0.15, 0.2) is 66.7 Å². The Kier molecular flexibility index (Phi) is 9.01. The highest BCUT2D eigenvalue weighted by Gasteiger charge is 2.23. The highest BCUT2D eigenvalue weighted by Crippen LogP contribution is 2.31. The minimum Gasteiger partial charge on any atom is -0.497 e. The molecule has 0 amide bonds. The van der Waals surface area contributed by atoms with Crippen molar-refractivity contribution in [2.24, 2.45) is 0 Å². The van der Waals surface area contributed by atoms with Gasteiger partial charge in [-0.2, -0.15) is 0 Å². The fraction of sp³-hybridized carbons (Fsp3) is 0.233. The first-order chi connectivity index (χ1) is 18.8. The summed E-state index contributed by atoms with van der Waals surface area (Å²) in [5.41, 5.74) is 2.63. The highest BCUT2D eigenvalue weighted by molar-refractivity contribution is 6.30. The van der Waals surface area contributed by atoms with Gasteiger partial charge in [0.15, 0.2) is 12.4 Å². The van der Waals surface area contributed by atoms with E-state index in [0.717, 1.165) is 0 Å². The molecule has 0 aliphatic rings. The number of carbonyl (C=O) groups is 3. The van der Waals surface area contributed by atoms with E-state index < -0.39 is 12.6 Å². The third kappa shape index (κ3) is 6.47. The molecule has 8 nitrogen and oxygen atoms in total. The van der Waals surface area contributed by atoms with Crippen LogP contribution in [0.5, 0.6) is 11.5 Å². The Morgan fingerprint density at radius 3 is 2.26 bits per heavy atom. The molecule has 3 aromatic carbocycles. The lowest BCUT2D eigenvalue weighted by Gasteiger charge is -2.08. The number of hydrogen-bond donors (Lipinski definition) is 1. The molecule has 1 heterocycles. The number of fused-ring (bicyclic) bond motifs is 1. The Labute approximate surface area is 230 Å². The summed E-state index contributed by atoms with van der Waals surface area (Å²) < 4.78 is 17.7. The first kappa shape index (κ1) is 27.9. The minimum atomic E-state index is -0.601. The maximum atomic E-state index is 13.4. The second-order valence-corrected chi connectivity index (χ2v) is 9.24. The van der Waals surface area contributed by atoms with Crippen molar-refractivity contribution in [1.82, 2.24) is 4.57 Å². The van der Waals surface area contributed by atoms with Gasteiger partial charge in [-0.05, 0) is 79.2 Å². The van der Waals surface area contributed by atoms with Crippen molar-refractivity contribution in [3.63, 3.8) is 0 Å². The predicted octanol–water partition coefficient (Wildman–Crippen LogP) is 5.03. The molecule has 0 saturated carbocycles. The van der Waals surface area contributed by atoms with Crippen molar-refractivity contribution in [2.45, 2.75) is 19.8 Å². The lowest BCUT2D eigenvalue weighted by atomic mass is 10.1. The second-order valence-electron chi connectivity index (χ2n) is 8.81. The number of aliphatic hydroxyl groups excluding tert-OH is 1. The van der Waals surface area contributed by atoms with Gasteiger partial charge in [0.2, 0.25) is 0 Å². The molecule has 0 bridgehead atoms. The number of Topliss-reactive ketones (excluding diaryl/α,β-unsaturated/α-hetero) is 1. The average molecular weight is 550 g/mol. The molecule has 39 heavy (non-hydrogen) atoms. The molecular formula is C30H28ClNO7. The number of benzene rings is 3. The van der Waals surface area contributed by atoms with Crippen LogP contribution in [-0.2, 0) is 16.0 Å². The van der Waals surface area contributed by atoms with E-state index in [1.54, 1.807) is 78.2 Å². The van der Waals surface area contributed by atoms with Crippen LogP contribution in [0.25, 0.3) is 10.9 Å². The Bertz CT molecular complexity index is 1490. The Morgan fingerprint density at radius 1 is 0.923 bits per heavy atom. The lowest BCUT2D eigenvalue weighted by Crippen LogP contribution is -2.17. The van der Waals surface area contributed by atoms with E-state index in [1.807, 2.05) is 0 Å². The van der Waals surface area contributed by atoms with E-state index >= 15 is 0 Å². The molecule has 4 rings (SSSR count). The van der Waals surface area contributed by atoms with Crippen LogP contribution in [0, 0.1) is 6.92 Å². The number of rotatable bonds is 11. The summed E-state index contributed by atoms with van der Waals surface area (Å²) in [5, 5.41) is 10.0. The van der Waals surface area contributed by atoms with Gasteiger partial charge in [0.25, 0.3) is 5.91 Å². The molecule has 0 saturated heterocycles. The molecule has 4 aromatic rings. The number of halogens is 1. The maximum Gasteiger partial charge on any atom is 0.310 e. The van der Waals surface area contributed by atoms with Gasteiger partial charge in [-0.15, -0.1) is 0 Å². The molecule has 1 N–H and O–H groups in total. The van der Waals surface area contributed by atoms with E-state index in [2.05, 4.69) is 0 Å². The zero-order valence-electron chi connectivity index (χ0n) is 21.6. The van der Waals surface area contributed by atoms with Crippen LogP contribution in [0.1, 0.15) is 38.4 Å².